The van der Waals surface area contributed by atoms with Gasteiger partial charge in [-0.25, -0.2) is 0 Å². The number of fused-ring (bicyclic) bond motifs is 1. The third-order valence-corrected chi connectivity index (χ3v) is 5.72. The average molecular weight is 326 g/mol. The van der Waals surface area contributed by atoms with Crippen LogP contribution in [0.4, 0.5) is 0 Å². The molecular weight excluding hydrogens is 304 g/mol. The number of carbonyl (C=O) groups is 1. The summed E-state index contributed by atoms with van der Waals surface area (Å²) in [6.07, 6.45) is 0.687. The molecule has 0 amide bonds. The quantitative estimate of drug-likeness (QED) is 0.736. The summed E-state index contributed by atoms with van der Waals surface area (Å²) in [5.41, 5.74) is 2.20. The number of ether oxygens (including phenoxy) is 1. The summed E-state index contributed by atoms with van der Waals surface area (Å²) < 4.78 is 32.9. The van der Waals surface area contributed by atoms with Crippen molar-refractivity contribution in [2.45, 2.75) is 26.8 Å². The van der Waals surface area contributed by atoms with Crippen molar-refractivity contribution in [3.05, 3.63) is 35.4 Å². The monoisotopic (exact) mass is 326 g/mol. The van der Waals surface area contributed by atoms with Gasteiger partial charge in [0.25, 0.3) is 10.2 Å². The Kier molecular flexibility index (Phi) is 5.55. The Bertz CT molecular complexity index is 630. The zero-order chi connectivity index (χ0) is 16.2. The Morgan fingerprint density at radius 3 is 2.59 bits per heavy atom. The van der Waals surface area contributed by atoms with Crippen LogP contribution in [0.3, 0.4) is 0 Å². The van der Waals surface area contributed by atoms with Crippen LogP contribution in [-0.2, 0) is 32.7 Å². The number of carbonyl (C=O) groups excluding carboxylic acids is 1. The number of hydrogen-bond acceptors (Lipinski definition) is 4. The van der Waals surface area contributed by atoms with Crippen LogP contribution in [0.1, 0.15) is 25.0 Å². The minimum Gasteiger partial charge on any atom is -0.465 e. The van der Waals surface area contributed by atoms with Gasteiger partial charge in [-0.05, 0) is 24.5 Å². The smallest absolute Gasteiger partial charge is 0.321 e. The highest BCUT2D eigenvalue weighted by Crippen LogP contribution is 2.22. The first-order chi connectivity index (χ1) is 10.5. The zero-order valence-corrected chi connectivity index (χ0v) is 13.8. The van der Waals surface area contributed by atoms with Gasteiger partial charge in [-0.3, -0.25) is 4.79 Å². The van der Waals surface area contributed by atoms with Gasteiger partial charge in [-0.1, -0.05) is 31.2 Å². The van der Waals surface area contributed by atoms with E-state index in [1.165, 1.54) is 14.2 Å². The van der Waals surface area contributed by atoms with Crippen LogP contribution in [0, 0.1) is 0 Å². The van der Waals surface area contributed by atoms with Crippen LogP contribution in [-0.4, -0.2) is 49.2 Å². The average Bonchev–Trinajstić information content (AvgIpc) is 2.52. The number of hydrogen-bond donors (Lipinski definition) is 0. The molecule has 0 spiro atoms. The molecule has 0 unspecified atom stereocenters. The van der Waals surface area contributed by atoms with Gasteiger partial charge in [0.05, 0.1) is 6.61 Å². The van der Waals surface area contributed by atoms with Crippen LogP contribution >= 0.6 is 0 Å². The fourth-order valence-electron chi connectivity index (χ4n) is 2.54. The second kappa shape index (κ2) is 7.21. The first-order valence-corrected chi connectivity index (χ1v) is 8.86. The minimum absolute atomic E-state index is 0.235. The van der Waals surface area contributed by atoms with E-state index >= 15 is 0 Å². The van der Waals surface area contributed by atoms with Gasteiger partial charge in [0.2, 0.25) is 0 Å². The van der Waals surface area contributed by atoms with E-state index in [9.17, 15) is 13.2 Å². The molecule has 122 valence electrons. The molecule has 0 aliphatic carbocycles. The molecule has 0 aromatic heterocycles. The molecule has 6 nitrogen and oxygen atoms in total. The first kappa shape index (κ1) is 16.9. The molecule has 2 rings (SSSR count). The van der Waals surface area contributed by atoms with E-state index in [0.29, 0.717) is 19.5 Å². The fourth-order valence-corrected chi connectivity index (χ4v) is 4.08. The lowest BCUT2D eigenvalue weighted by molar-refractivity contribution is -0.143. The van der Waals surface area contributed by atoms with Crippen molar-refractivity contribution in [2.24, 2.45) is 0 Å². The molecule has 1 aromatic carbocycles. The highest BCUT2D eigenvalue weighted by molar-refractivity contribution is 7.86. The molecule has 0 saturated heterocycles. The molecule has 0 fully saturated rings. The molecule has 1 heterocycles. The number of rotatable bonds is 6. The van der Waals surface area contributed by atoms with Crippen molar-refractivity contribution < 1.29 is 17.9 Å². The van der Waals surface area contributed by atoms with Crippen molar-refractivity contribution in [3.8, 4) is 0 Å². The first-order valence-electron chi connectivity index (χ1n) is 7.46. The van der Waals surface area contributed by atoms with Gasteiger partial charge in [0.1, 0.15) is 6.54 Å². The highest BCUT2D eigenvalue weighted by atomic mass is 32.2. The van der Waals surface area contributed by atoms with Gasteiger partial charge >= 0.3 is 5.97 Å². The Morgan fingerprint density at radius 1 is 1.27 bits per heavy atom. The summed E-state index contributed by atoms with van der Waals surface area (Å²) in [5, 5.41) is 0. The second-order valence-electron chi connectivity index (χ2n) is 5.09. The van der Waals surface area contributed by atoms with E-state index in [1.807, 2.05) is 24.3 Å². The molecule has 1 aliphatic heterocycles. The number of esters is 1. The topological polar surface area (TPSA) is 66.9 Å². The SMILES string of the molecule is CCOC(=O)CN(CC)S(=O)(=O)N1CCc2ccccc2C1. The Labute approximate surface area is 131 Å². The van der Waals surface area contributed by atoms with Crippen molar-refractivity contribution in [2.75, 3.05) is 26.2 Å². The maximum absolute atomic E-state index is 12.7. The molecule has 1 aliphatic rings. The normalized spacial score (nSPS) is 15.6. The van der Waals surface area contributed by atoms with Gasteiger partial charge in [-0.2, -0.15) is 17.0 Å². The van der Waals surface area contributed by atoms with E-state index in [-0.39, 0.29) is 19.7 Å². The minimum atomic E-state index is -3.66. The molecule has 22 heavy (non-hydrogen) atoms. The van der Waals surface area contributed by atoms with Crippen LogP contribution < -0.4 is 0 Å². The van der Waals surface area contributed by atoms with Crippen LogP contribution in [0.25, 0.3) is 0 Å². The van der Waals surface area contributed by atoms with Gasteiger partial charge < -0.3 is 4.74 Å². The molecule has 0 atom stereocenters. The molecule has 1 aromatic rings. The van der Waals surface area contributed by atoms with Crippen LogP contribution in [0.2, 0.25) is 0 Å². The van der Waals surface area contributed by atoms with E-state index in [2.05, 4.69) is 0 Å². The van der Waals surface area contributed by atoms with Crippen molar-refractivity contribution in [1.82, 2.24) is 8.61 Å². The van der Waals surface area contributed by atoms with Crippen LogP contribution in [0.5, 0.6) is 0 Å². The van der Waals surface area contributed by atoms with Gasteiger partial charge in [0, 0.05) is 19.6 Å². The lowest BCUT2D eigenvalue weighted by Gasteiger charge is -2.32. The molecule has 0 N–H and O–H groups in total. The maximum Gasteiger partial charge on any atom is 0.321 e. The number of likely N-dealkylation sites (N-methyl/N-ethyl adjacent to an activating group) is 1. The van der Waals surface area contributed by atoms with Gasteiger partial charge in [-0.15, -0.1) is 0 Å². The van der Waals surface area contributed by atoms with E-state index in [0.717, 1.165) is 5.56 Å². The predicted molar refractivity (Wildman–Crippen MR) is 83.4 cm³/mol. The van der Waals surface area contributed by atoms with Crippen molar-refractivity contribution >= 4 is 16.2 Å². The molecular formula is C15H22N2O4S. The third kappa shape index (κ3) is 3.66. The van der Waals surface area contributed by atoms with E-state index in [1.54, 1.807) is 13.8 Å². The molecule has 0 saturated carbocycles. The maximum atomic E-state index is 12.7. The van der Waals surface area contributed by atoms with E-state index in [4.69, 9.17) is 4.74 Å². The summed E-state index contributed by atoms with van der Waals surface area (Å²) in [6.45, 7) is 4.42. The lowest BCUT2D eigenvalue weighted by atomic mass is 10.0. The third-order valence-electron chi connectivity index (χ3n) is 3.71. The molecule has 0 radical (unpaired) electrons. The highest BCUT2D eigenvalue weighted by Gasteiger charge is 2.32. The van der Waals surface area contributed by atoms with E-state index < -0.39 is 16.2 Å². The molecule has 7 heteroatoms. The number of benzene rings is 1. The van der Waals surface area contributed by atoms with Crippen molar-refractivity contribution in [3.63, 3.8) is 0 Å². The van der Waals surface area contributed by atoms with Crippen molar-refractivity contribution in [1.29, 1.82) is 0 Å². The Hall–Kier alpha value is -1.44. The largest absolute Gasteiger partial charge is 0.465 e. The Balaban J connectivity index is 2.14. The van der Waals surface area contributed by atoms with Gasteiger partial charge in [0.15, 0.2) is 0 Å². The fraction of sp³-hybridized carbons (Fsp3) is 0.533. The second-order valence-corrected chi connectivity index (χ2v) is 7.02. The Morgan fingerprint density at radius 2 is 1.95 bits per heavy atom. The summed E-state index contributed by atoms with van der Waals surface area (Å²) >= 11 is 0. The zero-order valence-electron chi connectivity index (χ0n) is 13.0. The summed E-state index contributed by atoms with van der Waals surface area (Å²) in [4.78, 5) is 11.6. The standard InChI is InChI=1S/C15H22N2O4S/c1-3-16(12-15(18)21-4-2)22(19,20)17-10-9-13-7-5-6-8-14(13)11-17/h5-8H,3-4,9-12H2,1-2H3. The molecule has 0 bridgehead atoms. The predicted octanol–water partition coefficient (Wildman–Crippen LogP) is 1.17. The number of nitrogens with zero attached hydrogens (tertiary/aromatic N) is 2. The lowest BCUT2D eigenvalue weighted by Crippen LogP contribution is -2.47. The van der Waals surface area contributed by atoms with Crippen LogP contribution in [0.15, 0.2) is 24.3 Å². The summed E-state index contributed by atoms with van der Waals surface area (Å²) in [6, 6.07) is 7.83. The summed E-state index contributed by atoms with van der Waals surface area (Å²) in [5.74, 6) is -0.523. The summed E-state index contributed by atoms with van der Waals surface area (Å²) in [7, 11) is -3.66.